The number of rotatable bonds is 6. The van der Waals surface area contributed by atoms with Gasteiger partial charge in [0.2, 0.25) is 0 Å². The molecule has 0 unspecified atom stereocenters. The first kappa shape index (κ1) is 22.8. The summed E-state index contributed by atoms with van der Waals surface area (Å²) in [6.45, 7) is 1.40. The molecule has 166 valence electrons. The van der Waals surface area contributed by atoms with Crippen molar-refractivity contribution in [2.45, 2.75) is 6.92 Å². The van der Waals surface area contributed by atoms with Gasteiger partial charge in [0.25, 0.3) is 5.82 Å². The van der Waals surface area contributed by atoms with Gasteiger partial charge in [-0.2, -0.15) is 0 Å². The molecule has 4 aromatic rings. The van der Waals surface area contributed by atoms with Crippen molar-refractivity contribution < 1.29 is 18.7 Å². The second-order valence-electron chi connectivity index (χ2n) is 7.11. The van der Waals surface area contributed by atoms with Crippen LogP contribution in [0.1, 0.15) is 26.5 Å². The molecule has 0 atom stereocenters. The number of ketones is 1. The van der Waals surface area contributed by atoms with Gasteiger partial charge in [0.15, 0.2) is 18.2 Å². The van der Waals surface area contributed by atoms with E-state index in [-0.39, 0.29) is 11.6 Å². The van der Waals surface area contributed by atoms with Crippen LogP contribution < -0.4 is 0 Å². The largest absolute Gasteiger partial charge is 0.451 e. The molecule has 33 heavy (non-hydrogen) atoms. The van der Waals surface area contributed by atoms with Crippen LogP contribution in [0.3, 0.4) is 0 Å². The zero-order valence-corrected chi connectivity index (χ0v) is 19.6. The summed E-state index contributed by atoms with van der Waals surface area (Å²) in [6.07, 6.45) is 0. The highest BCUT2D eigenvalue weighted by molar-refractivity contribution is 9.10. The Labute approximate surface area is 202 Å². The van der Waals surface area contributed by atoms with Gasteiger partial charge in [-0.25, -0.2) is 18.9 Å². The second-order valence-corrected chi connectivity index (χ2v) is 8.47. The Morgan fingerprint density at radius 2 is 1.76 bits per heavy atom. The van der Waals surface area contributed by atoms with E-state index < -0.39 is 18.4 Å². The van der Waals surface area contributed by atoms with E-state index in [1.807, 2.05) is 13.0 Å². The number of carbonyl (C=O) groups is 2. The minimum atomic E-state index is -0.859. The molecule has 0 saturated heterocycles. The van der Waals surface area contributed by atoms with E-state index in [0.717, 1.165) is 10.0 Å². The minimum Gasteiger partial charge on any atom is -0.451 e. The Bertz CT molecular complexity index is 1340. The monoisotopic (exact) mass is 527 g/mol. The lowest BCUT2D eigenvalue weighted by atomic mass is 10.1. The first-order valence-corrected chi connectivity index (χ1v) is 10.9. The number of Topliss-reactive ketones (excluding diaryl/α,β-unsaturated/α-hetero) is 1. The number of carbonyl (C=O) groups excluding carboxylic acids is 2. The van der Waals surface area contributed by atoms with Crippen LogP contribution in [0.25, 0.3) is 17.1 Å². The average molecular weight is 529 g/mol. The SMILES string of the molecule is Cc1ccc(Cl)cc1-n1nc(C(=O)OCC(=O)c2ccc(Br)cc2)nc1-c1ccc(F)cc1. The number of hydrogen-bond donors (Lipinski definition) is 0. The highest BCUT2D eigenvalue weighted by atomic mass is 79.9. The van der Waals surface area contributed by atoms with Gasteiger partial charge in [-0.3, -0.25) is 4.79 Å². The molecule has 0 N–H and O–H groups in total. The zero-order chi connectivity index (χ0) is 23.5. The summed E-state index contributed by atoms with van der Waals surface area (Å²) in [5.41, 5.74) is 2.37. The minimum absolute atomic E-state index is 0.239. The standard InChI is InChI=1S/C24H16BrClFN3O3/c1-14-2-9-18(26)12-20(14)30-23(16-5-10-19(27)11-6-16)28-22(29-30)24(32)33-13-21(31)15-3-7-17(25)8-4-15/h2-12H,13H2,1H3. The van der Waals surface area contributed by atoms with E-state index in [0.29, 0.717) is 27.7 Å². The fourth-order valence-electron chi connectivity index (χ4n) is 3.08. The Hall–Kier alpha value is -3.36. The van der Waals surface area contributed by atoms with Gasteiger partial charge in [-0.1, -0.05) is 45.7 Å². The molecule has 0 fully saturated rings. The van der Waals surface area contributed by atoms with Gasteiger partial charge in [0.1, 0.15) is 5.82 Å². The second kappa shape index (κ2) is 9.64. The van der Waals surface area contributed by atoms with Crippen molar-refractivity contribution in [2.75, 3.05) is 6.61 Å². The Morgan fingerprint density at radius 3 is 2.45 bits per heavy atom. The Morgan fingerprint density at radius 1 is 1.06 bits per heavy atom. The van der Waals surface area contributed by atoms with Crippen molar-refractivity contribution in [1.82, 2.24) is 14.8 Å². The summed E-state index contributed by atoms with van der Waals surface area (Å²) < 4.78 is 20.9. The fourth-order valence-corrected chi connectivity index (χ4v) is 3.51. The van der Waals surface area contributed by atoms with Gasteiger partial charge in [0, 0.05) is 20.6 Å². The van der Waals surface area contributed by atoms with E-state index in [4.69, 9.17) is 16.3 Å². The van der Waals surface area contributed by atoms with Gasteiger partial charge >= 0.3 is 5.97 Å². The molecular formula is C24H16BrClFN3O3. The number of aromatic nitrogens is 3. The molecule has 4 rings (SSSR count). The molecule has 1 aromatic heterocycles. The summed E-state index contributed by atoms with van der Waals surface area (Å²) in [5.74, 6) is -1.57. The molecule has 0 aliphatic rings. The highest BCUT2D eigenvalue weighted by Gasteiger charge is 2.22. The Balaban J connectivity index is 1.65. The topological polar surface area (TPSA) is 74.1 Å². The number of nitrogens with zero attached hydrogens (tertiary/aromatic N) is 3. The first-order valence-electron chi connectivity index (χ1n) is 9.77. The highest BCUT2D eigenvalue weighted by Crippen LogP contribution is 2.26. The smallest absolute Gasteiger partial charge is 0.378 e. The normalized spacial score (nSPS) is 10.8. The Kier molecular flexibility index (Phi) is 6.67. The quantitative estimate of drug-likeness (QED) is 0.232. The number of hydrogen-bond acceptors (Lipinski definition) is 5. The van der Waals surface area contributed by atoms with Crippen molar-refractivity contribution in [3.05, 3.63) is 99.0 Å². The van der Waals surface area contributed by atoms with Crippen LogP contribution in [-0.4, -0.2) is 33.1 Å². The van der Waals surface area contributed by atoms with Crippen LogP contribution in [0.4, 0.5) is 4.39 Å². The molecule has 0 aliphatic carbocycles. The van der Waals surface area contributed by atoms with Gasteiger partial charge in [-0.15, -0.1) is 5.10 Å². The maximum atomic E-state index is 13.4. The summed E-state index contributed by atoms with van der Waals surface area (Å²) >= 11 is 9.47. The molecule has 0 saturated carbocycles. The van der Waals surface area contributed by atoms with E-state index in [2.05, 4.69) is 26.0 Å². The lowest BCUT2D eigenvalue weighted by Crippen LogP contribution is -2.15. The van der Waals surface area contributed by atoms with Crippen LogP contribution in [0.15, 0.2) is 71.2 Å². The van der Waals surface area contributed by atoms with Crippen LogP contribution in [0, 0.1) is 12.7 Å². The average Bonchev–Trinajstić information content (AvgIpc) is 3.25. The van der Waals surface area contributed by atoms with Gasteiger partial charge in [-0.05, 0) is 61.0 Å². The molecular weight excluding hydrogens is 513 g/mol. The van der Waals surface area contributed by atoms with Crippen molar-refractivity contribution in [3.8, 4) is 17.1 Å². The van der Waals surface area contributed by atoms with Crippen molar-refractivity contribution >= 4 is 39.3 Å². The molecule has 6 nitrogen and oxygen atoms in total. The molecule has 0 spiro atoms. The molecule has 0 bridgehead atoms. The number of benzene rings is 3. The van der Waals surface area contributed by atoms with Crippen molar-refractivity contribution in [2.24, 2.45) is 0 Å². The first-order chi connectivity index (χ1) is 15.8. The maximum Gasteiger partial charge on any atom is 0.378 e. The van der Waals surface area contributed by atoms with Gasteiger partial charge in [0.05, 0.1) is 5.69 Å². The number of aryl methyl sites for hydroxylation is 1. The molecule has 3 aromatic carbocycles. The van der Waals surface area contributed by atoms with Crippen molar-refractivity contribution in [3.63, 3.8) is 0 Å². The third-order valence-electron chi connectivity index (χ3n) is 4.79. The molecule has 9 heteroatoms. The van der Waals surface area contributed by atoms with E-state index in [9.17, 15) is 14.0 Å². The summed E-state index contributed by atoms with van der Waals surface area (Å²) in [7, 11) is 0. The molecule has 0 aliphatic heterocycles. The van der Waals surface area contributed by atoms with Crippen LogP contribution in [-0.2, 0) is 4.74 Å². The van der Waals surface area contributed by atoms with Crippen molar-refractivity contribution in [1.29, 1.82) is 0 Å². The van der Waals surface area contributed by atoms with Crippen LogP contribution >= 0.6 is 27.5 Å². The zero-order valence-electron chi connectivity index (χ0n) is 17.3. The van der Waals surface area contributed by atoms with Crippen LogP contribution in [0.5, 0.6) is 0 Å². The van der Waals surface area contributed by atoms with E-state index in [1.165, 1.54) is 28.9 Å². The lowest BCUT2D eigenvalue weighted by Gasteiger charge is -2.09. The third-order valence-corrected chi connectivity index (χ3v) is 5.56. The third kappa shape index (κ3) is 5.18. The molecule has 0 amide bonds. The maximum absolute atomic E-state index is 13.4. The summed E-state index contributed by atoms with van der Waals surface area (Å²) in [5, 5.41) is 4.78. The molecule has 0 radical (unpaired) electrons. The number of halogens is 3. The molecule has 1 heterocycles. The van der Waals surface area contributed by atoms with Gasteiger partial charge < -0.3 is 4.74 Å². The summed E-state index contributed by atoms with van der Waals surface area (Å²) in [6, 6.07) is 17.6. The number of ether oxygens (including phenoxy) is 1. The lowest BCUT2D eigenvalue weighted by molar-refractivity contribution is 0.0462. The summed E-state index contributed by atoms with van der Waals surface area (Å²) in [4.78, 5) is 29.3. The fraction of sp³-hybridized carbons (Fsp3) is 0.0833. The predicted octanol–water partition coefficient (Wildman–Crippen LogP) is 5.84. The van der Waals surface area contributed by atoms with Crippen LogP contribution in [0.2, 0.25) is 5.02 Å². The van der Waals surface area contributed by atoms with E-state index in [1.54, 1.807) is 36.4 Å². The predicted molar refractivity (Wildman–Crippen MR) is 125 cm³/mol. The number of esters is 1. The van der Waals surface area contributed by atoms with E-state index >= 15 is 0 Å².